The van der Waals surface area contributed by atoms with Gasteiger partial charge in [-0.15, -0.1) is 0 Å². The number of hydrogen-bond acceptors (Lipinski definition) is 1. The fourth-order valence-corrected chi connectivity index (χ4v) is 11.6. The van der Waals surface area contributed by atoms with E-state index in [0.717, 1.165) is 39.3 Å². The number of para-hydroxylation sites is 2. The van der Waals surface area contributed by atoms with E-state index < -0.39 is 5.41 Å². The first-order valence-electron chi connectivity index (χ1n) is 24.3. The molecule has 1 aliphatic carbocycles. The van der Waals surface area contributed by atoms with E-state index in [4.69, 9.17) is 0 Å². The smallest absolute Gasteiger partial charge is 0.0713 e. The highest BCUT2D eigenvalue weighted by molar-refractivity contribution is 6.22. The van der Waals surface area contributed by atoms with Crippen LogP contribution in [-0.4, -0.2) is 0 Å². The molecule has 0 aliphatic heterocycles. The first-order valence-corrected chi connectivity index (χ1v) is 24.3. The quantitative estimate of drug-likeness (QED) is 0.131. The van der Waals surface area contributed by atoms with Crippen molar-refractivity contribution >= 4 is 38.6 Å². The van der Waals surface area contributed by atoms with E-state index in [1.807, 2.05) is 0 Å². The van der Waals surface area contributed by atoms with E-state index in [9.17, 15) is 0 Å². The second-order valence-electron chi connectivity index (χ2n) is 18.3. The van der Waals surface area contributed by atoms with Crippen LogP contribution >= 0.6 is 0 Å². The van der Waals surface area contributed by atoms with Crippen LogP contribution in [-0.2, 0) is 5.41 Å². The highest BCUT2D eigenvalue weighted by atomic mass is 15.1. The van der Waals surface area contributed by atoms with Gasteiger partial charge >= 0.3 is 0 Å². The SMILES string of the molecule is c1ccc(-c2ccccc2N(c2ccc3c(c2)-c2ccccc2C3(c2ccccc2)c2ccccc2)c2ccccc2-c2ccc3c(c2)c(-c2ccccc2)c(-c2ccccc2)c2ccccc23)cc1. The van der Waals surface area contributed by atoms with Gasteiger partial charge < -0.3 is 4.90 Å². The summed E-state index contributed by atoms with van der Waals surface area (Å²) in [5.41, 5.74) is 19.9. The van der Waals surface area contributed by atoms with Crippen molar-refractivity contribution in [2.24, 2.45) is 0 Å². The Hall–Kier alpha value is -9.04. The minimum atomic E-state index is -0.498. The van der Waals surface area contributed by atoms with Crippen LogP contribution < -0.4 is 4.90 Å². The summed E-state index contributed by atoms with van der Waals surface area (Å²) in [6.45, 7) is 0. The van der Waals surface area contributed by atoms with Crippen LogP contribution in [0, 0.1) is 0 Å². The van der Waals surface area contributed by atoms with Crippen LogP contribution in [0.15, 0.2) is 285 Å². The maximum Gasteiger partial charge on any atom is 0.0713 e. The van der Waals surface area contributed by atoms with Crippen molar-refractivity contribution in [2.75, 3.05) is 4.90 Å². The van der Waals surface area contributed by atoms with E-state index >= 15 is 0 Å². The zero-order valence-corrected chi connectivity index (χ0v) is 38.6. The molecule has 0 bridgehead atoms. The molecule has 0 atom stereocenters. The van der Waals surface area contributed by atoms with E-state index in [1.54, 1.807) is 0 Å². The molecule has 0 aromatic heterocycles. The third kappa shape index (κ3) is 6.62. The molecule has 328 valence electrons. The Morgan fingerprint density at radius 2 is 0.671 bits per heavy atom. The number of fused-ring (bicyclic) bond motifs is 6. The Labute approximate surface area is 409 Å². The molecule has 0 spiro atoms. The summed E-state index contributed by atoms with van der Waals surface area (Å²) < 4.78 is 0. The van der Waals surface area contributed by atoms with E-state index in [0.29, 0.717) is 0 Å². The summed E-state index contributed by atoms with van der Waals surface area (Å²) in [6, 6.07) is 105. The molecule has 13 rings (SSSR count). The van der Waals surface area contributed by atoms with Gasteiger partial charge in [-0.05, 0) is 119 Å². The van der Waals surface area contributed by atoms with Crippen LogP contribution in [0.3, 0.4) is 0 Å². The summed E-state index contributed by atoms with van der Waals surface area (Å²) >= 11 is 0. The average molecular weight is 890 g/mol. The molecule has 12 aromatic carbocycles. The van der Waals surface area contributed by atoms with Gasteiger partial charge in [-0.25, -0.2) is 0 Å². The topological polar surface area (TPSA) is 3.24 Å². The van der Waals surface area contributed by atoms with Crippen LogP contribution in [0.1, 0.15) is 22.3 Å². The molecule has 0 heterocycles. The zero-order valence-electron chi connectivity index (χ0n) is 38.6. The summed E-state index contributed by atoms with van der Waals surface area (Å²) in [5, 5.41) is 4.95. The van der Waals surface area contributed by atoms with Gasteiger partial charge in [-0.3, -0.25) is 0 Å². The van der Waals surface area contributed by atoms with Gasteiger partial charge in [0.25, 0.3) is 0 Å². The second kappa shape index (κ2) is 17.2. The van der Waals surface area contributed by atoms with Crippen LogP contribution in [0.2, 0.25) is 0 Å². The number of rotatable bonds is 9. The van der Waals surface area contributed by atoms with Crippen LogP contribution in [0.5, 0.6) is 0 Å². The monoisotopic (exact) mass is 889 g/mol. The number of anilines is 3. The second-order valence-corrected chi connectivity index (χ2v) is 18.3. The molecule has 0 saturated heterocycles. The lowest BCUT2D eigenvalue weighted by Gasteiger charge is -2.34. The minimum Gasteiger partial charge on any atom is -0.309 e. The highest BCUT2D eigenvalue weighted by Gasteiger charge is 2.46. The molecule has 1 aliphatic rings. The maximum atomic E-state index is 2.50. The lowest BCUT2D eigenvalue weighted by atomic mass is 9.68. The molecule has 0 amide bonds. The van der Waals surface area contributed by atoms with Crippen molar-refractivity contribution in [3.63, 3.8) is 0 Å². The highest BCUT2D eigenvalue weighted by Crippen LogP contribution is 2.58. The Kier molecular flexibility index (Phi) is 10.1. The molecule has 0 radical (unpaired) electrons. The first-order chi connectivity index (χ1) is 34.8. The molecule has 1 nitrogen and oxygen atoms in total. The molecular weight excluding hydrogens is 843 g/mol. The summed E-state index contributed by atoms with van der Waals surface area (Å²) in [7, 11) is 0. The van der Waals surface area contributed by atoms with Gasteiger partial charge in [0, 0.05) is 16.8 Å². The molecule has 0 fully saturated rings. The largest absolute Gasteiger partial charge is 0.309 e. The molecule has 1 heteroatoms. The summed E-state index contributed by atoms with van der Waals surface area (Å²) in [6.07, 6.45) is 0. The van der Waals surface area contributed by atoms with Crippen molar-refractivity contribution in [2.45, 2.75) is 5.41 Å². The third-order valence-electron chi connectivity index (χ3n) is 14.5. The van der Waals surface area contributed by atoms with E-state index in [2.05, 4.69) is 290 Å². The lowest BCUT2D eigenvalue weighted by molar-refractivity contribution is 0.768. The number of nitrogens with zero attached hydrogens (tertiary/aromatic N) is 1. The Balaban J connectivity index is 1.08. The summed E-state index contributed by atoms with van der Waals surface area (Å²) in [4.78, 5) is 2.50. The van der Waals surface area contributed by atoms with E-state index in [-0.39, 0.29) is 0 Å². The van der Waals surface area contributed by atoms with Crippen molar-refractivity contribution in [1.29, 1.82) is 0 Å². The van der Waals surface area contributed by atoms with Gasteiger partial charge in [0.15, 0.2) is 0 Å². The normalized spacial score (nSPS) is 12.4. The Morgan fingerprint density at radius 3 is 1.27 bits per heavy atom. The standard InChI is InChI=1S/C69H47N/c1-6-24-48(25-7-1)55-34-19-22-40-65(55)70(54-43-45-64-61(47-54)59-37-18-21-39-63(59)69(64,52-30-12-4-13-31-52)53-32-14-5-15-33-53)66-41-23-20-35-56(66)51-42-44-58-57-36-16-17-38-60(57)67(49-26-8-2-9-27-49)68(62(58)46-51)50-28-10-3-11-29-50/h1-47H. The van der Waals surface area contributed by atoms with Crippen molar-refractivity contribution in [3.05, 3.63) is 307 Å². The number of hydrogen-bond donors (Lipinski definition) is 0. The van der Waals surface area contributed by atoms with Gasteiger partial charge in [0.05, 0.1) is 16.8 Å². The molecule has 0 unspecified atom stereocenters. The predicted molar refractivity (Wildman–Crippen MR) is 295 cm³/mol. The molecule has 0 saturated carbocycles. The van der Waals surface area contributed by atoms with Crippen molar-refractivity contribution in [1.82, 2.24) is 0 Å². The minimum absolute atomic E-state index is 0.498. The average Bonchev–Trinajstić information content (AvgIpc) is 3.74. The Morgan fingerprint density at radius 1 is 0.243 bits per heavy atom. The van der Waals surface area contributed by atoms with Crippen molar-refractivity contribution in [3.8, 4) is 55.6 Å². The first kappa shape index (κ1) is 41.2. The van der Waals surface area contributed by atoms with Gasteiger partial charge in [0.1, 0.15) is 0 Å². The Bertz CT molecular complexity index is 3820. The van der Waals surface area contributed by atoms with Crippen LogP contribution in [0.4, 0.5) is 17.1 Å². The van der Waals surface area contributed by atoms with Gasteiger partial charge in [-0.1, -0.05) is 255 Å². The fourth-order valence-electron chi connectivity index (χ4n) is 11.6. The molecule has 70 heavy (non-hydrogen) atoms. The fraction of sp³-hybridized carbons (Fsp3) is 0.0145. The number of benzene rings is 12. The predicted octanol–water partition coefficient (Wildman–Crippen LogP) is 18.5. The summed E-state index contributed by atoms with van der Waals surface area (Å²) in [5.74, 6) is 0. The van der Waals surface area contributed by atoms with Gasteiger partial charge in [0.2, 0.25) is 0 Å². The van der Waals surface area contributed by atoms with Gasteiger partial charge in [-0.2, -0.15) is 0 Å². The third-order valence-corrected chi connectivity index (χ3v) is 14.5. The molecule has 0 N–H and O–H groups in total. The van der Waals surface area contributed by atoms with Crippen LogP contribution in [0.25, 0.3) is 77.2 Å². The maximum absolute atomic E-state index is 2.50. The van der Waals surface area contributed by atoms with Crippen molar-refractivity contribution < 1.29 is 0 Å². The molecule has 12 aromatic rings. The molecular formula is C69H47N. The zero-order chi connectivity index (χ0) is 46.4. The lowest BCUT2D eigenvalue weighted by Crippen LogP contribution is -2.28. The van der Waals surface area contributed by atoms with E-state index in [1.165, 1.54) is 77.2 Å².